The molecule has 4 aromatic heterocycles. The number of carbonyl (C=O) groups is 1. The number of hydrogen-bond acceptors (Lipinski definition) is 33. The number of aromatic nitrogens is 8. The molecule has 0 spiro atoms. The van der Waals surface area contributed by atoms with Crippen LogP contribution in [0.5, 0.6) is 34.5 Å². The number of ether oxygens (including phenoxy) is 6. The van der Waals surface area contributed by atoms with Gasteiger partial charge in [-0.2, -0.15) is 19.9 Å². The maximum atomic E-state index is 14.0. The molecule has 12 aromatic rings. The topological polar surface area (TPSA) is 413 Å². The third kappa shape index (κ3) is 30.1. The van der Waals surface area contributed by atoms with Crippen molar-refractivity contribution in [3.63, 3.8) is 0 Å². The molecule has 3 saturated heterocycles. The van der Waals surface area contributed by atoms with Crippen LogP contribution in [-0.4, -0.2) is 248 Å². The quantitative estimate of drug-likeness (QED) is 0.0132. The highest BCUT2D eigenvalue weighted by molar-refractivity contribution is 7.92. The predicted molar refractivity (Wildman–Crippen MR) is 586 cm³/mol. The Morgan fingerprint density at radius 3 is 1.24 bits per heavy atom. The fourth-order valence-electron chi connectivity index (χ4n) is 15.6. The third-order valence-corrected chi connectivity index (χ3v) is 36.2. The van der Waals surface area contributed by atoms with E-state index in [1.165, 1.54) is 84.9 Å². The summed E-state index contributed by atoms with van der Waals surface area (Å²) >= 11 is 25.4. The lowest BCUT2D eigenvalue weighted by Crippen LogP contribution is -2.48. The predicted octanol–water partition coefficient (Wildman–Crippen LogP) is 20.3. The number of methoxy groups -OCH3 is 5. The second-order valence-electron chi connectivity index (χ2n) is 35.8. The van der Waals surface area contributed by atoms with Gasteiger partial charge in [-0.15, -0.1) is 0 Å². The van der Waals surface area contributed by atoms with E-state index in [0.717, 1.165) is 55.5 Å². The molecule has 34 nitrogen and oxygen atoms in total. The summed E-state index contributed by atoms with van der Waals surface area (Å²) < 4.78 is 123. The number of hydrogen-bond donors (Lipinski definition) is 9. The molecule has 3 aliphatic rings. The molecule has 762 valence electrons. The minimum absolute atomic E-state index is 0.165. The van der Waals surface area contributed by atoms with Gasteiger partial charge in [-0.3, -0.25) is 9.69 Å². The van der Waals surface area contributed by atoms with E-state index in [4.69, 9.17) is 74.8 Å². The molecule has 3 aliphatic heterocycles. The summed E-state index contributed by atoms with van der Waals surface area (Å²) in [5.74, 6) is 5.69. The van der Waals surface area contributed by atoms with Gasteiger partial charge in [-0.05, 0) is 254 Å². The first-order valence-electron chi connectivity index (χ1n) is 46.0. The van der Waals surface area contributed by atoms with Crippen LogP contribution < -0.4 is 103 Å². The Bertz CT molecular complexity index is 6880. The Morgan fingerprint density at radius 1 is 0.448 bits per heavy atom. The van der Waals surface area contributed by atoms with E-state index in [-0.39, 0.29) is 44.5 Å². The van der Waals surface area contributed by atoms with E-state index in [9.17, 15) is 36.0 Å². The molecule has 143 heavy (non-hydrogen) atoms. The lowest BCUT2D eigenvalue weighted by molar-refractivity contribution is 0.0963. The Hall–Kier alpha value is -11.1. The van der Waals surface area contributed by atoms with Crippen LogP contribution in [0.3, 0.4) is 0 Å². The Balaban J connectivity index is 0.000000171. The minimum Gasteiger partial charge on any atom is -0.495 e. The number of halogens is 4. The van der Waals surface area contributed by atoms with Crippen LogP contribution in [0.1, 0.15) is 56.3 Å². The van der Waals surface area contributed by atoms with E-state index < -0.39 is 50.8 Å². The smallest absolute Gasteiger partial charge is 0.253 e. The largest absolute Gasteiger partial charge is 0.495 e. The summed E-state index contributed by atoms with van der Waals surface area (Å²) in [6, 6.07) is 48.8. The molecule has 0 bridgehead atoms. The molecule has 9 N–H and O–H groups in total. The Labute approximate surface area is 856 Å². The van der Waals surface area contributed by atoms with Gasteiger partial charge in [0.2, 0.25) is 23.8 Å². The third-order valence-electron chi connectivity index (χ3n) is 23.7. The average molecular weight is 2150 g/mol. The molecule has 0 unspecified atom stereocenters. The van der Waals surface area contributed by atoms with Gasteiger partial charge in [0.05, 0.1) is 128 Å². The molecule has 8 aromatic carbocycles. The number of amides is 1. The number of piperidine rings is 1. The van der Waals surface area contributed by atoms with E-state index >= 15 is 0 Å². The number of benzene rings is 8. The molecule has 15 rings (SSSR count). The van der Waals surface area contributed by atoms with Crippen LogP contribution in [0.4, 0.5) is 92.6 Å². The molecule has 7 heterocycles. The van der Waals surface area contributed by atoms with Gasteiger partial charge in [0.1, 0.15) is 90.3 Å². The normalized spacial score (nSPS) is 14.2. The van der Waals surface area contributed by atoms with E-state index in [2.05, 4.69) is 109 Å². The monoisotopic (exact) mass is 2140 g/mol. The van der Waals surface area contributed by atoms with E-state index in [1.807, 2.05) is 60.7 Å². The lowest BCUT2D eigenvalue weighted by Gasteiger charge is -2.41. The number of likely N-dealkylation sites (tertiary alicyclic amines) is 2. The van der Waals surface area contributed by atoms with Gasteiger partial charge < -0.3 is 109 Å². The molecule has 3 fully saturated rings. The Kier molecular flexibility index (Phi) is 38.4. The van der Waals surface area contributed by atoms with Crippen molar-refractivity contribution in [1.29, 1.82) is 0 Å². The van der Waals surface area contributed by atoms with Crippen LogP contribution in [-0.2, 0) is 32.7 Å². The summed E-state index contributed by atoms with van der Waals surface area (Å²) in [4.78, 5) is 54.7. The summed E-state index contributed by atoms with van der Waals surface area (Å²) in [5, 5.41) is 31.9. The maximum absolute atomic E-state index is 14.0. The Morgan fingerprint density at radius 2 is 0.818 bits per heavy atom. The number of rotatable bonds is 35. The number of para-hydroxylation sites is 3. The molecule has 0 aliphatic carbocycles. The number of anilines is 16. The fraction of sp³-hybridized carbons (Fsp3) is 0.343. The number of nitrogens with one attached hydrogen (secondary N) is 9. The first-order chi connectivity index (χ1) is 68.0. The van der Waals surface area contributed by atoms with Crippen LogP contribution in [0.2, 0.25) is 20.1 Å². The van der Waals surface area contributed by atoms with Gasteiger partial charge in [0.15, 0.2) is 33.1 Å². The maximum Gasteiger partial charge on any atom is 0.253 e. The SMILES string of the molecule is CNC(=O)c1ccccc1Nc1nc(Nc2ccc(P(C)(C)=O)cc2OC)ncc1Cl.COc1cc(OCCCN2CCCC2)ccc1Nc1ncc(Cl)c(Nc2ccccc2P(C)(C)=O)n1.COc1cc(P(C)(C)=O)ccc1Nc1ncc(Cl)c(Nc2ccc(P(C)(C)=O)cc2OC)n1.COc1cc(P2(=O)CCN(C3CCN(C)CC3)CC2)ccc1Nc1ncc(Cl)c(Nc2ccccc2S(=O)(=O)C(C)C)n1. The molecule has 44 heteroatoms. The van der Waals surface area contributed by atoms with Crippen LogP contribution in [0.15, 0.2) is 193 Å². The van der Waals surface area contributed by atoms with Crippen LogP contribution in [0.25, 0.3) is 0 Å². The summed E-state index contributed by atoms with van der Waals surface area (Å²) in [7, 11) is -4.37. The van der Waals surface area contributed by atoms with Gasteiger partial charge in [-0.25, -0.2) is 28.4 Å². The highest BCUT2D eigenvalue weighted by Crippen LogP contribution is 2.50. The standard InChI is InChI=1S/C30H40ClN6O4PS.C26H33ClN5O3P.C22H27ClN4O4P2.C21H23ClN5O3P/c1-21(2)43(39,40)28-8-6-5-7-26(28)33-29-24(31)20-32-30(35-29)34-25-10-9-23(19-27(25)41-4)42(38)17-15-37(16-18-42)22-11-13-36(3)14-12-22;1-34-23-17-19(35-16-8-15-32-13-6-7-14-32)11-12-21(23)30-26-28-18-20(27)25(31-26)29-22-9-4-5-10-24(22)36(2,3)33;1-30-19-11-14(32(3,4)28)7-9-17(19)25-21-16(23)13-24-22(27-21)26-18-10-8-15(33(5,6)29)12-20(18)31-2;1-23-20(28)14-7-5-6-8-16(14)25-19-15(22)12-24-21(27-19)26-17-10-9-13(31(3,4)29)11-18(17)30-2/h5-10,19-22H,11-18H2,1-4H3,(H2,32,33,34,35);4-5,9-12,17-18H,6-8,13-16H2,1-3H3,(H2,28,29,30,31);7-13H,1-6H3,(H2,24,25,26,27);5-12H,1-4H3,(H,23,28)(H2,24,25,26,27). The second kappa shape index (κ2) is 49.7. The lowest BCUT2D eigenvalue weighted by atomic mass is 10.0. The van der Waals surface area contributed by atoms with E-state index in [0.29, 0.717) is 154 Å². The minimum atomic E-state index is -3.55. The van der Waals surface area contributed by atoms with Crippen molar-refractivity contribution in [2.75, 3.05) is 210 Å². The van der Waals surface area contributed by atoms with Gasteiger partial charge in [0.25, 0.3) is 5.91 Å². The average Bonchev–Trinajstić information content (AvgIpc) is 1.34. The number of sulfone groups is 1. The van der Waals surface area contributed by atoms with Crippen molar-refractivity contribution in [2.45, 2.75) is 62.1 Å². The van der Waals surface area contributed by atoms with Crippen molar-refractivity contribution in [3.8, 4) is 34.5 Å². The molecule has 0 saturated carbocycles. The van der Waals surface area contributed by atoms with Crippen molar-refractivity contribution in [3.05, 3.63) is 214 Å². The van der Waals surface area contributed by atoms with Crippen LogP contribution >= 0.6 is 82.1 Å². The zero-order valence-electron chi connectivity index (χ0n) is 83.0. The zero-order valence-corrected chi connectivity index (χ0v) is 91.3. The molecule has 0 radical (unpaired) electrons. The summed E-state index contributed by atoms with van der Waals surface area (Å²) in [5.41, 5.74) is 5.22. The molecular formula is C99H123Cl4N20O14P5S. The molecule has 1 amide bonds. The molecule has 0 atom stereocenters. The van der Waals surface area contributed by atoms with Gasteiger partial charge in [-0.1, -0.05) is 82.8 Å². The van der Waals surface area contributed by atoms with Crippen molar-refractivity contribution >= 4 is 217 Å². The number of nitrogens with zero attached hydrogens (tertiary/aromatic N) is 11. The molecular weight excluding hydrogens is 2020 g/mol. The van der Waals surface area contributed by atoms with Gasteiger partial charge in [0, 0.05) is 77.6 Å². The van der Waals surface area contributed by atoms with Crippen molar-refractivity contribution in [2.24, 2.45) is 0 Å². The van der Waals surface area contributed by atoms with Crippen molar-refractivity contribution in [1.82, 2.24) is 59.9 Å². The second-order valence-corrected chi connectivity index (χ2v) is 55.9. The van der Waals surface area contributed by atoms with Gasteiger partial charge >= 0.3 is 0 Å². The number of carbonyl (C=O) groups excluding carboxylic acids is 1. The first-order valence-corrected chi connectivity index (χ1v) is 61.5. The highest BCUT2D eigenvalue weighted by atomic mass is 35.5. The van der Waals surface area contributed by atoms with Crippen LogP contribution in [0, 0.1) is 0 Å². The van der Waals surface area contributed by atoms with E-state index in [1.54, 1.807) is 192 Å². The summed E-state index contributed by atoms with van der Waals surface area (Å²) in [6.45, 7) is 25.0. The van der Waals surface area contributed by atoms with Crippen molar-refractivity contribution < 1.29 is 64.5 Å². The first kappa shape index (κ1) is 111. The summed E-state index contributed by atoms with van der Waals surface area (Å²) in [6.07, 6.45) is 13.1. The highest BCUT2D eigenvalue weighted by Gasteiger charge is 2.36. The fourth-order valence-corrected chi connectivity index (χ4v) is 23.7. The zero-order chi connectivity index (χ0) is 103.